The monoisotopic (exact) mass is 456 g/mol. The summed E-state index contributed by atoms with van der Waals surface area (Å²) in [4.78, 5) is 21.0. The van der Waals surface area contributed by atoms with Crippen molar-refractivity contribution >= 4 is 39.1 Å². The van der Waals surface area contributed by atoms with E-state index in [9.17, 15) is 4.79 Å². The molecule has 0 radical (unpaired) electrons. The summed E-state index contributed by atoms with van der Waals surface area (Å²) in [5.41, 5.74) is 1.89. The van der Waals surface area contributed by atoms with Crippen LogP contribution in [-0.2, 0) is 11.3 Å². The maximum atomic E-state index is 11.5. The van der Waals surface area contributed by atoms with Gasteiger partial charge in [-0.2, -0.15) is 4.98 Å². The first-order chi connectivity index (χ1) is 15.5. The lowest BCUT2D eigenvalue weighted by Gasteiger charge is -2.20. The number of hydrogen-bond acceptors (Lipinski definition) is 8. The Bertz CT molecular complexity index is 1040. The van der Waals surface area contributed by atoms with Crippen LogP contribution in [0.15, 0.2) is 29.6 Å². The van der Waals surface area contributed by atoms with Gasteiger partial charge in [-0.05, 0) is 43.3 Å². The van der Waals surface area contributed by atoms with Crippen molar-refractivity contribution in [1.82, 2.24) is 9.97 Å². The van der Waals surface area contributed by atoms with Crippen LogP contribution < -0.4 is 20.1 Å². The normalized spacial score (nSPS) is 11.9. The number of methoxy groups -OCH3 is 2. The van der Waals surface area contributed by atoms with E-state index < -0.39 is 0 Å². The van der Waals surface area contributed by atoms with Gasteiger partial charge in [0.25, 0.3) is 0 Å². The molecule has 0 saturated heterocycles. The standard InChI is InChI=1S/C24H32N4O3S/c1-5-6-7-18(10-8-16(2)29)26-23-22-20(12-13-32-22)27-24(28-23)25-15-17-9-11-19(30-3)14-21(17)31-4/h9,11-14,18H,5-8,10,15H2,1-4H3,(H2,25,26,27,28)/t18-/m1/s1. The number of benzene rings is 1. The van der Waals surface area contributed by atoms with Crippen molar-refractivity contribution in [3.8, 4) is 11.5 Å². The lowest BCUT2D eigenvalue weighted by atomic mass is 10.0. The number of ketones is 1. The summed E-state index contributed by atoms with van der Waals surface area (Å²) in [5.74, 6) is 3.08. The van der Waals surface area contributed by atoms with Gasteiger partial charge < -0.3 is 24.9 Å². The Hall–Kier alpha value is -2.87. The number of Topliss-reactive ketones (excluding diaryl/α,β-unsaturated/α-hetero) is 1. The molecule has 0 fully saturated rings. The van der Waals surface area contributed by atoms with Gasteiger partial charge in [0.15, 0.2) is 0 Å². The van der Waals surface area contributed by atoms with E-state index in [2.05, 4.69) is 22.5 Å². The Kier molecular flexibility index (Phi) is 8.67. The van der Waals surface area contributed by atoms with Gasteiger partial charge >= 0.3 is 0 Å². The highest BCUT2D eigenvalue weighted by Crippen LogP contribution is 2.30. The number of carbonyl (C=O) groups excluding carboxylic acids is 1. The summed E-state index contributed by atoms with van der Waals surface area (Å²) in [6.07, 6.45) is 4.61. The van der Waals surface area contributed by atoms with Gasteiger partial charge in [0, 0.05) is 30.6 Å². The molecular formula is C24H32N4O3S. The topological polar surface area (TPSA) is 85.4 Å². The number of aromatic nitrogens is 2. The fourth-order valence-corrected chi connectivity index (χ4v) is 4.31. The molecule has 0 bridgehead atoms. The largest absolute Gasteiger partial charge is 0.497 e. The molecule has 0 spiro atoms. The lowest BCUT2D eigenvalue weighted by molar-refractivity contribution is -0.117. The van der Waals surface area contributed by atoms with E-state index in [4.69, 9.17) is 14.5 Å². The summed E-state index contributed by atoms with van der Waals surface area (Å²) >= 11 is 1.62. The second-order valence-corrected chi connectivity index (χ2v) is 8.70. The molecule has 2 heterocycles. The molecule has 3 aromatic rings. The van der Waals surface area contributed by atoms with Crippen LogP contribution in [0.3, 0.4) is 0 Å². The number of nitrogens with one attached hydrogen (secondary N) is 2. The van der Waals surface area contributed by atoms with Gasteiger partial charge in [0.2, 0.25) is 5.95 Å². The number of unbranched alkanes of at least 4 members (excludes halogenated alkanes) is 1. The molecule has 172 valence electrons. The molecule has 8 heteroatoms. The van der Waals surface area contributed by atoms with Crippen LogP contribution in [0.5, 0.6) is 11.5 Å². The van der Waals surface area contributed by atoms with Gasteiger partial charge in [-0.3, -0.25) is 0 Å². The fraction of sp³-hybridized carbons (Fsp3) is 0.458. The summed E-state index contributed by atoms with van der Waals surface area (Å²) in [6, 6.07) is 7.94. The molecule has 0 unspecified atom stereocenters. The van der Waals surface area contributed by atoms with Gasteiger partial charge in [0.05, 0.1) is 24.4 Å². The molecular weight excluding hydrogens is 424 g/mol. The zero-order chi connectivity index (χ0) is 22.9. The van der Waals surface area contributed by atoms with Crippen LogP contribution in [0.1, 0.15) is 51.5 Å². The van der Waals surface area contributed by atoms with E-state index in [1.165, 1.54) is 0 Å². The van der Waals surface area contributed by atoms with E-state index in [0.717, 1.165) is 58.8 Å². The molecule has 2 aromatic heterocycles. The predicted octanol–water partition coefficient (Wildman–Crippen LogP) is 5.66. The smallest absolute Gasteiger partial charge is 0.225 e. The predicted molar refractivity (Wildman–Crippen MR) is 131 cm³/mol. The number of nitrogens with zero attached hydrogens (tertiary/aromatic N) is 2. The van der Waals surface area contributed by atoms with Crippen LogP contribution in [0, 0.1) is 0 Å². The Morgan fingerprint density at radius 2 is 2.00 bits per heavy atom. The number of carbonyl (C=O) groups is 1. The minimum atomic E-state index is 0.202. The highest BCUT2D eigenvalue weighted by atomic mass is 32.1. The van der Waals surface area contributed by atoms with Crippen LogP contribution in [0.25, 0.3) is 10.2 Å². The molecule has 0 aliphatic heterocycles. The molecule has 1 aromatic carbocycles. The van der Waals surface area contributed by atoms with Gasteiger partial charge in [-0.25, -0.2) is 4.98 Å². The Labute approximate surface area is 193 Å². The third kappa shape index (κ3) is 6.32. The second-order valence-electron chi connectivity index (χ2n) is 7.79. The molecule has 0 amide bonds. The van der Waals surface area contributed by atoms with Crippen LogP contribution in [0.2, 0.25) is 0 Å². The molecule has 1 atom stereocenters. The van der Waals surface area contributed by atoms with Crippen molar-refractivity contribution in [2.45, 2.75) is 58.5 Å². The first-order valence-corrected chi connectivity index (χ1v) is 11.9. The van der Waals surface area contributed by atoms with Crippen molar-refractivity contribution in [2.75, 3.05) is 24.9 Å². The quantitative estimate of drug-likeness (QED) is 0.343. The highest BCUT2D eigenvalue weighted by Gasteiger charge is 2.15. The second kappa shape index (κ2) is 11.7. The van der Waals surface area contributed by atoms with Crippen LogP contribution in [0.4, 0.5) is 11.8 Å². The highest BCUT2D eigenvalue weighted by molar-refractivity contribution is 7.17. The molecule has 32 heavy (non-hydrogen) atoms. The third-order valence-corrected chi connectivity index (χ3v) is 6.24. The average Bonchev–Trinajstić information content (AvgIpc) is 3.28. The maximum Gasteiger partial charge on any atom is 0.225 e. The van der Waals surface area contributed by atoms with Crippen molar-refractivity contribution in [1.29, 1.82) is 0 Å². The van der Waals surface area contributed by atoms with Crippen LogP contribution in [-0.4, -0.2) is 36.0 Å². The van der Waals surface area contributed by atoms with Crippen molar-refractivity contribution in [3.05, 3.63) is 35.2 Å². The maximum absolute atomic E-state index is 11.5. The number of rotatable bonds is 13. The number of anilines is 2. The first-order valence-electron chi connectivity index (χ1n) is 11.0. The molecule has 0 aliphatic carbocycles. The summed E-state index contributed by atoms with van der Waals surface area (Å²) in [7, 11) is 3.28. The zero-order valence-electron chi connectivity index (χ0n) is 19.2. The summed E-state index contributed by atoms with van der Waals surface area (Å²) in [6.45, 7) is 4.35. The molecule has 0 saturated carbocycles. The van der Waals surface area contributed by atoms with E-state index >= 15 is 0 Å². The third-order valence-electron chi connectivity index (χ3n) is 5.33. The van der Waals surface area contributed by atoms with Gasteiger partial charge in [-0.15, -0.1) is 11.3 Å². The Balaban J connectivity index is 1.80. The average molecular weight is 457 g/mol. The number of fused-ring (bicyclic) bond motifs is 1. The minimum Gasteiger partial charge on any atom is -0.497 e. The van der Waals surface area contributed by atoms with E-state index in [1.54, 1.807) is 32.5 Å². The van der Waals surface area contributed by atoms with E-state index in [1.807, 2.05) is 29.6 Å². The number of thiophene rings is 1. The molecule has 0 aliphatic rings. The number of ether oxygens (including phenoxy) is 2. The number of hydrogen-bond donors (Lipinski definition) is 2. The van der Waals surface area contributed by atoms with Gasteiger partial charge in [0.1, 0.15) is 23.1 Å². The SMILES string of the molecule is CCCC[C@H](CCC(C)=O)Nc1nc(NCc2ccc(OC)cc2OC)nc2ccsc12. The van der Waals surface area contributed by atoms with Crippen LogP contribution >= 0.6 is 11.3 Å². The van der Waals surface area contributed by atoms with Crippen molar-refractivity contribution in [3.63, 3.8) is 0 Å². The minimum absolute atomic E-state index is 0.202. The molecule has 7 nitrogen and oxygen atoms in total. The zero-order valence-corrected chi connectivity index (χ0v) is 20.1. The Morgan fingerprint density at radius 1 is 1.16 bits per heavy atom. The van der Waals surface area contributed by atoms with E-state index in [0.29, 0.717) is 18.9 Å². The summed E-state index contributed by atoms with van der Waals surface area (Å²) < 4.78 is 11.8. The van der Waals surface area contributed by atoms with Crippen molar-refractivity contribution < 1.29 is 14.3 Å². The van der Waals surface area contributed by atoms with Gasteiger partial charge in [-0.1, -0.05) is 19.8 Å². The molecule has 3 rings (SSSR count). The molecule has 2 N–H and O–H groups in total. The van der Waals surface area contributed by atoms with E-state index in [-0.39, 0.29) is 11.8 Å². The fourth-order valence-electron chi connectivity index (χ4n) is 3.52. The summed E-state index contributed by atoms with van der Waals surface area (Å²) in [5, 5.41) is 8.96. The Morgan fingerprint density at radius 3 is 2.72 bits per heavy atom. The van der Waals surface area contributed by atoms with Crippen molar-refractivity contribution in [2.24, 2.45) is 0 Å². The lowest BCUT2D eigenvalue weighted by Crippen LogP contribution is -2.21. The first kappa shape index (κ1) is 23.8.